The predicted octanol–water partition coefficient (Wildman–Crippen LogP) is 8.02. The fraction of sp³-hybridized carbons (Fsp3) is 0.0714. The second-order valence-electron chi connectivity index (χ2n) is 8.01. The van der Waals surface area contributed by atoms with Crippen LogP contribution in [-0.2, 0) is 11.1 Å². The highest BCUT2D eigenvalue weighted by molar-refractivity contribution is 6.09. The molecule has 0 aromatic heterocycles. The zero-order valence-corrected chi connectivity index (χ0v) is 18.2. The molecule has 0 unspecified atom stereocenters. The van der Waals surface area contributed by atoms with Gasteiger partial charge in [0.25, 0.3) is 0 Å². The van der Waals surface area contributed by atoms with Crippen LogP contribution >= 0.6 is 0 Å². The molecule has 2 atom stereocenters. The Bertz CT molecular complexity index is 1330. The van der Waals surface area contributed by atoms with Crippen LogP contribution in [0.25, 0.3) is 32.0 Å². The molecular formula is C28H20N6. The number of nitrogens with zero attached hydrogens (tertiary/aromatic N) is 6. The summed E-state index contributed by atoms with van der Waals surface area (Å²) >= 11 is 0. The fourth-order valence-electron chi connectivity index (χ4n) is 5.14. The van der Waals surface area contributed by atoms with Crippen LogP contribution in [0.3, 0.4) is 0 Å². The van der Waals surface area contributed by atoms with Crippen LogP contribution in [0.1, 0.15) is 22.3 Å². The van der Waals surface area contributed by atoms with Crippen LogP contribution < -0.4 is 0 Å². The fourth-order valence-corrected chi connectivity index (χ4v) is 5.14. The minimum absolute atomic E-state index is 0.752. The van der Waals surface area contributed by atoms with Gasteiger partial charge >= 0.3 is 0 Å². The number of hydrogen-bond acceptors (Lipinski definition) is 2. The van der Waals surface area contributed by atoms with E-state index in [2.05, 4.69) is 20.1 Å². The monoisotopic (exact) mass is 440 g/mol. The van der Waals surface area contributed by atoms with Crippen LogP contribution in [0.5, 0.6) is 0 Å². The topological polar surface area (TPSA) is 97.5 Å². The molecule has 34 heavy (non-hydrogen) atoms. The van der Waals surface area contributed by atoms with Crippen LogP contribution in [0.4, 0.5) is 0 Å². The van der Waals surface area contributed by atoms with Gasteiger partial charge < -0.3 is 0 Å². The first-order valence-corrected chi connectivity index (χ1v) is 10.9. The van der Waals surface area contributed by atoms with Gasteiger partial charge in [-0.05, 0) is 44.5 Å². The smallest absolute Gasteiger partial charge is 0.0763 e. The van der Waals surface area contributed by atoms with Gasteiger partial charge in [0.15, 0.2) is 0 Å². The number of benzene rings is 4. The lowest BCUT2D eigenvalue weighted by Gasteiger charge is -2.58. The first-order chi connectivity index (χ1) is 16.8. The predicted molar refractivity (Wildman–Crippen MR) is 134 cm³/mol. The Morgan fingerprint density at radius 3 is 1.03 bits per heavy atom. The van der Waals surface area contributed by atoms with E-state index in [4.69, 9.17) is 0 Å². The summed E-state index contributed by atoms with van der Waals surface area (Å²) in [5.74, 6) is 0. The van der Waals surface area contributed by atoms with Crippen molar-refractivity contribution < 1.29 is 0 Å². The largest absolute Gasteiger partial charge is 0.119 e. The third-order valence-corrected chi connectivity index (χ3v) is 6.39. The van der Waals surface area contributed by atoms with Gasteiger partial charge in [-0.2, -0.15) is 0 Å². The zero-order valence-electron chi connectivity index (χ0n) is 18.2. The lowest BCUT2D eigenvalue weighted by atomic mass is 9.49. The summed E-state index contributed by atoms with van der Waals surface area (Å²) in [6.07, 6.45) is 0. The molecule has 0 bridgehead atoms. The molecule has 1 aliphatic carbocycles. The second-order valence-corrected chi connectivity index (χ2v) is 8.01. The second kappa shape index (κ2) is 8.64. The molecule has 0 heterocycles. The minimum atomic E-state index is -1.30. The molecule has 0 saturated heterocycles. The quantitative estimate of drug-likeness (QED) is 0.165. The van der Waals surface area contributed by atoms with Gasteiger partial charge in [-0.1, -0.05) is 132 Å². The normalized spacial score (nSPS) is 21.1. The Morgan fingerprint density at radius 1 is 0.441 bits per heavy atom. The van der Waals surface area contributed by atoms with Crippen molar-refractivity contribution in [3.8, 4) is 0 Å². The van der Waals surface area contributed by atoms with E-state index in [9.17, 15) is 11.1 Å². The molecule has 0 radical (unpaired) electrons. The van der Waals surface area contributed by atoms with Gasteiger partial charge in [0.1, 0.15) is 11.1 Å². The van der Waals surface area contributed by atoms with Crippen molar-refractivity contribution in [2.45, 2.75) is 11.1 Å². The van der Waals surface area contributed by atoms with E-state index in [1.54, 1.807) is 0 Å². The summed E-state index contributed by atoms with van der Waals surface area (Å²) < 4.78 is 0. The maximum Gasteiger partial charge on any atom is 0.119 e. The average molecular weight is 441 g/mol. The van der Waals surface area contributed by atoms with Gasteiger partial charge in [0.05, 0.1) is 0 Å². The summed E-state index contributed by atoms with van der Waals surface area (Å²) in [7, 11) is 0. The molecule has 0 fully saturated rings. The summed E-state index contributed by atoms with van der Waals surface area (Å²) in [6.45, 7) is 0. The molecule has 0 aliphatic heterocycles. The molecule has 6 heteroatoms. The SMILES string of the molecule is [N-]=[N+]=N[C@@]1(c2ccccc2)C(c2ccccc2)=C(c2ccccc2)[C@@]1(N=[N+]=[N-])c1ccccc1. The molecule has 6 nitrogen and oxygen atoms in total. The van der Waals surface area contributed by atoms with E-state index in [0.717, 1.165) is 33.4 Å². The van der Waals surface area contributed by atoms with Crippen LogP contribution in [0, 0.1) is 0 Å². The molecule has 0 N–H and O–H groups in total. The lowest BCUT2D eigenvalue weighted by molar-refractivity contribution is 0.338. The highest BCUT2D eigenvalue weighted by Gasteiger charge is 2.66. The maximum atomic E-state index is 9.90. The molecule has 0 spiro atoms. The van der Waals surface area contributed by atoms with Crippen molar-refractivity contribution in [1.29, 1.82) is 0 Å². The van der Waals surface area contributed by atoms with Crippen molar-refractivity contribution in [1.82, 2.24) is 0 Å². The van der Waals surface area contributed by atoms with Crippen molar-refractivity contribution in [2.75, 3.05) is 0 Å². The lowest BCUT2D eigenvalue weighted by Crippen LogP contribution is -2.56. The van der Waals surface area contributed by atoms with E-state index in [1.807, 2.05) is 121 Å². The summed E-state index contributed by atoms with van der Waals surface area (Å²) in [6, 6.07) is 38.8. The molecule has 4 aromatic carbocycles. The molecule has 0 amide bonds. The average Bonchev–Trinajstić information content (AvgIpc) is 2.91. The van der Waals surface area contributed by atoms with Crippen LogP contribution in [0.2, 0.25) is 0 Å². The first kappa shape index (κ1) is 21.1. The van der Waals surface area contributed by atoms with Crippen molar-refractivity contribution in [3.05, 3.63) is 164 Å². The van der Waals surface area contributed by atoms with Crippen molar-refractivity contribution >= 4 is 11.1 Å². The highest BCUT2D eigenvalue weighted by atomic mass is 15.3. The molecule has 5 rings (SSSR count). The zero-order chi connectivity index (χ0) is 23.4. The van der Waals surface area contributed by atoms with Gasteiger partial charge in [-0.15, -0.1) is 0 Å². The molecular weight excluding hydrogens is 420 g/mol. The van der Waals surface area contributed by atoms with E-state index in [-0.39, 0.29) is 0 Å². The molecule has 0 saturated carbocycles. The Labute approximate surface area is 197 Å². The van der Waals surface area contributed by atoms with Gasteiger partial charge in [0.2, 0.25) is 0 Å². The van der Waals surface area contributed by atoms with Crippen molar-refractivity contribution in [3.63, 3.8) is 0 Å². The number of hydrogen-bond donors (Lipinski definition) is 0. The van der Waals surface area contributed by atoms with Gasteiger partial charge in [-0.25, -0.2) is 0 Å². The third-order valence-electron chi connectivity index (χ3n) is 6.39. The van der Waals surface area contributed by atoms with E-state index < -0.39 is 11.1 Å². The van der Waals surface area contributed by atoms with Crippen molar-refractivity contribution in [2.24, 2.45) is 10.2 Å². The van der Waals surface area contributed by atoms with E-state index in [1.165, 1.54) is 0 Å². The first-order valence-electron chi connectivity index (χ1n) is 10.9. The Kier molecular flexibility index (Phi) is 5.36. The summed E-state index contributed by atoms with van der Waals surface area (Å²) in [4.78, 5) is 6.64. The van der Waals surface area contributed by atoms with Crippen LogP contribution in [-0.4, -0.2) is 0 Å². The minimum Gasteiger partial charge on any atom is -0.0763 e. The summed E-state index contributed by atoms with van der Waals surface area (Å²) in [5, 5.41) is 8.94. The number of rotatable bonds is 6. The Morgan fingerprint density at radius 2 is 0.735 bits per heavy atom. The summed E-state index contributed by atoms with van der Waals surface area (Å²) in [5.41, 5.74) is 22.1. The van der Waals surface area contributed by atoms with Gasteiger partial charge in [-0.3, -0.25) is 0 Å². The van der Waals surface area contributed by atoms with Crippen LogP contribution in [0.15, 0.2) is 132 Å². The number of azide groups is 2. The molecule has 162 valence electrons. The highest BCUT2D eigenvalue weighted by Crippen LogP contribution is 2.70. The molecule has 4 aromatic rings. The Balaban J connectivity index is 2.04. The molecule has 1 aliphatic rings. The standard InChI is InChI=1S/C28H20N6/c29-33-31-27(23-17-9-3-10-18-23)25(21-13-5-1-6-14-21)26(22-15-7-2-8-16-22)28(27,32-34-30)24-19-11-4-12-20-24/h1-20H/t27-,28-/m0/s1. The Hall–Kier alpha value is -4.76. The maximum absolute atomic E-state index is 9.90. The van der Waals surface area contributed by atoms with E-state index in [0.29, 0.717) is 0 Å². The van der Waals surface area contributed by atoms with Gasteiger partial charge in [0, 0.05) is 9.82 Å². The third kappa shape index (κ3) is 2.91. The van der Waals surface area contributed by atoms with E-state index >= 15 is 0 Å².